The van der Waals surface area contributed by atoms with Gasteiger partial charge in [-0.15, -0.1) is 0 Å². The molecule has 1 saturated heterocycles. The summed E-state index contributed by atoms with van der Waals surface area (Å²) >= 11 is 0. The fourth-order valence-corrected chi connectivity index (χ4v) is 2.65. The van der Waals surface area contributed by atoms with Crippen molar-refractivity contribution >= 4 is 11.6 Å². The number of anilines is 1. The van der Waals surface area contributed by atoms with Gasteiger partial charge < -0.3 is 15.0 Å². The lowest BCUT2D eigenvalue weighted by molar-refractivity contribution is -0.0585. The second kappa shape index (κ2) is 6.94. The monoisotopic (exact) mass is 290 g/mol. The number of amides is 1. The summed E-state index contributed by atoms with van der Waals surface area (Å²) in [6, 6.07) is 7.75. The van der Waals surface area contributed by atoms with E-state index in [9.17, 15) is 4.79 Å². The predicted molar refractivity (Wildman–Crippen MR) is 85.7 cm³/mol. The number of nitrogens with one attached hydrogen (secondary N) is 1. The first kappa shape index (κ1) is 15.8. The van der Waals surface area contributed by atoms with Crippen molar-refractivity contribution in [2.75, 3.05) is 25.0 Å². The average Bonchev–Trinajstić information content (AvgIpc) is 2.43. The smallest absolute Gasteiger partial charge is 0.256 e. The van der Waals surface area contributed by atoms with Crippen molar-refractivity contribution < 1.29 is 9.53 Å². The lowest BCUT2D eigenvalue weighted by Gasteiger charge is -2.35. The number of hydrogen-bond donors (Lipinski definition) is 1. The summed E-state index contributed by atoms with van der Waals surface area (Å²) in [5.74, 6) is 0.625. The van der Waals surface area contributed by atoms with Gasteiger partial charge in [0.25, 0.3) is 5.91 Å². The van der Waals surface area contributed by atoms with E-state index < -0.39 is 0 Å². The molecular formula is C17H26N2O2. The number of para-hydroxylation sites is 1. The highest BCUT2D eigenvalue weighted by molar-refractivity contribution is 5.99. The fraction of sp³-hybridized carbons (Fsp3) is 0.588. The second-order valence-electron chi connectivity index (χ2n) is 6.29. The largest absolute Gasteiger partial charge is 0.384 e. The Kier molecular flexibility index (Phi) is 5.23. The van der Waals surface area contributed by atoms with Crippen LogP contribution in [0.25, 0.3) is 0 Å². The summed E-state index contributed by atoms with van der Waals surface area (Å²) in [6.07, 6.45) is 0.182. The van der Waals surface area contributed by atoms with Gasteiger partial charge in [0.2, 0.25) is 0 Å². The molecule has 0 saturated carbocycles. The van der Waals surface area contributed by atoms with E-state index >= 15 is 0 Å². The summed E-state index contributed by atoms with van der Waals surface area (Å²) in [4.78, 5) is 14.7. The highest BCUT2D eigenvalue weighted by atomic mass is 16.5. The standard InChI is InChI=1S/C17H26N2O2/c1-12(2)9-18-16-8-6-5-7-15(16)17(20)19-10-13(3)21-14(4)11-19/h5-8,12-14,18H,9-11H2,1-4H3/t13-,14+. The van der Waals surface area contributed by atoms with Gasteiger partial charge in [-0.3, -0.25) is 4.79 Å². The van der Waals surface area contributed by atoms with E-state index in [0.29, 0.717) is 19.0 Å². The average molecular weight is 290 g/mol. The zero-order valence-corrected chi connectivity index (χ0v) is 13.4. The molecule has 1 fully saturated rings. The van der Waals surface area contributed by atoms with Gasteiger partial charge in [-0.2, -0.15) is 0 Å². The molecule has 0 spiro atoms. The molecule has 1 aliphatic heterocycles. The van der Waals surface area contributed by atoms with E-state index in [2.05, 4.69) is 19.2 Å². The van der Waals surface area contributed by atoms with Gasteiger partial charge in [0, 0.05) is 25.3 Å². The van der Waals surface area contributed by atoms with Crippen LogP contribution < -0.4 is 5.32 Å². The van der Waals surface area contributed by atoms with E-state index in [1.807, 2.05) is 43.0 Å². The minimum absolute atomic E-state index is 0.0869. The van der Waals surface area contributed by atoms with Crippen molar-refractivity contribution in [3.63, 3.8) is 0 Å². The van der Waals surface area contributed by atoms with Crippen LogP contribution in [-0.4, -0.2) is 42.6 Å². The third-order valence-electron chi connectivity index (χ3n) is 3.57. The minimum Gasteiger partial charge on any atom is -0.384 e. The van der Waals surface area contributed by atoms with Crippen LogP contribution in [-0.2, 0) is 4.74 Å². The molecule has 0 unspecified atom stereocenters. The molecule has 1 aromatic carbocycles. The highest BCUT2D eigenvalue weighted by Gasteiger charge is 2.27. The second-order valence-corrected chi connectivity index (χ2v) is 6.29. The number of carbonyl (C=O) groups excluding carboxylic acids is 1. The normalized spacial score (nSPS) is 22.4. The summed E-state index contributed by atoms with van der Waals surface area (Å²) in [7, 11) is 0. The quantitative estimate of drug-likeness (QED) is 0.927. The third-order valence-corrected chi connectivity index (χ3v) is 3.57. The maximum Gasteiger partial charge on any atom is 0.256 e. The van der Waals surface area contributed by atoms with Gasteiger partial charge in [-0.1, -0.05) is 26.0 Å². The Morgan fingerprint density at radius 2 is 1.90 bits per heavy atom. The van der Waals surface area contributed by atoms with Gasteiger partial charge in [0.05, 0.1) is 17.8 Å². The van der Waals surface area contributed by atoms with Crippen LogP contribution in [0.3, 0.4) is 0 Å². The summed E-state index contributed by atoms with van der Waals surface area (Å²) in [6.45, 7) is 10.5. The molecule has 2 rings (SSSR count). The Morgan fingerprint density at radius 3 is 2.52 bits per heavy atom. The van der Waals surface area contributed by atoms with Crippen LogP contribution >= 0.6 is 0 Å². The summed E-state index contributed by atoms with van der Waals surface area (Å²) in [5.41, 5.74) is 1.67. The molecule has 21 heavy (non-hydrogen) atoms. The van der Waals surface area contributed by atoms with Gasteiger partial charge in [0.15, 0.2) is 0 Å². The van der Waals surface area contributed by atoms with E-state index in [4.69, 9.17) is 4.74 Å². The van der Waals surface area contributed by atoms with Gasteiger partial charge in [0.1, 0.15) is 0 Å². The van der Waals surface area contributed by atoms with E-state index in [1.54, 1.807) is 0 Å². The predicted octanol–water partition coefficient (Wildman–Crippen LogP) is 3.00. The Hall–Kier alpha value is -1.55. The SMILES string of the molecule is CC(C)CNc1ccccc1C(=O)N1C[C@@H](C)O[C@@H](C)C1. The molecule has 1 aromatic rings. The topological polar surface area (TPSA) is 41.6 Å². The van der Waals surface area contributed by atoms with Gasteiger partial charge in [-0.05, 0) is 31.9 Å². The Bertz CT molecular complexity index is 477. The van der Waals surface area contributed by atoms with Crippen LogP contribution in [0.1, 0.15) is 38.1 Å². The van der Waals surface area contributed by atoms with Crippen molar-refractivity contribution in [1.29, 1.82) is 0 Å². The Balaban J connectivity index is 2.14. The van der Waals surface area contributed by atoms with Crippen LogP contribution in [0.4, 0.5) is 5.69 Å². The fourth-order valence-electron chi connectivity index (χ4n) is 2.65. The van der Waals surface area contributed by atoms with E-state index in [-0.39, 0.29) is 18.1 Å². The van der Waals surface area contributed by atoms with Crippen LogP contribution in [0.5, 0.6) is 0 Å². The molecule has 0 bridgehead atoms. The Labute approximate surface area is 127 Å². The zero-order chi connectivity index (χ0) is 15.4. The lowest BCUT2D eigenvalue weighted by Crippen LogP contribution is -2.48. The van der Waals surface area contributed by atoms with Crippen LogP contribution in [0, 0.1) is 5.92 Å². The van der Waals surface area contributed by atoms with E-state index in [0.717, 1.165) is 17.8 Å². The number of ether oxygens (including phenoxy) is 1. The maximum atomic E-state index is 12.8. The molecule has 1 N–H and O–H groups in total. The number of carbonyl (C=O) groups is 1. The highest BCUT2D eigenvalue weighted by Crippen LogP contribution is 2.20. The number of nitrogens with zero attached hydrogens (tertiary/aromatic N) is 1. The molecule has 4 nitrogen and oxygen atoms in total. The number of rotatable bonds is 4. The number of morpholine rings is 1. The van der Waals surface area contributed by atoms with Crippen molar-refractivity contribution in [2.24, 2.45) is 5.92 Å². The van der Waals surface area contributed by atoms with E-state index in [1.165, 1.54) is 0 Å². The van der Waals surface area contributed by atoms with Crippen LogP contribution in [0.15, 0.2) is 24.3 Å². The third kappa shape index (κ3) is 4.21. The molecule has 0 aliphatic carbocycles. The van der Waals surface area contributed by atoms with Gasteiger partial charge in [-0.25, -0.2) is 0 Å². The van der Waals surface area contributed by atoms with Crippen molar-refractivity contribution in [3.05, 3.63) is 29.8 Å². The molecule has 0 radical (unpaired) electrons. The summed E-state index contributed by atoms with van der Waals surface area (Å²) < 4.78 is 5.70. The van der Waals surface area contributed by atoms with Gasteiger partial charge >= 0.3 is 0 Å². The number of benzene rings is 1. The first-order valence-corrected chi connectivity index (χ1v) is 7.75. The lowest BCUT2D eigenvalue weighted by atomic mass is 10.1. The van der Waals surface area contributed by atoms with Crippen molar-refractivity contribution in [2.45, 2.75) is 39.9 Å². The first-order chi connectivity index (χ1) is 9.97. The Morgan fingerprint density at radius 1 is 1.29 bits per heavy atom. The molecule has 4 heteroatoms. The molecule has 0 aromatic heterocycles. The first-order valence-electron chi connectivity index (χ1n) is 7.75. The molecule has 1 amide bonds. The maximum absolute atomic E-state index is 12.8. The zero-order valence-electron chi connectivity index (χ0n) is 13.4. The molecular weight excluding hydrogens is 264 g/mol. The van der Waals surface area contributed by atoms with Crippen molar-refractivity contribution in [1.82, 2.24) is 4.90 Å². The summed E-state index contributed by atoms with van der Waals surface area (Å²) in [5, 5.41) is 3.38. The van der Waals surface area contributed by atoms with Crippen LogP contribution in [0.2, 0.25) is 0 Å². The molecule has 116 valence electrons. The van der Waals surface area contributed by atoms with Crippen molar-refractivity contribution in [3.8, 4) is 0 Å². The number of hydrogen-bond acceptors (Lipinski definition) is 3. The molecule has 2 atom stereocenters. The minimum atomic E-state index is 0.0869. The molecule has 1 heterocycles. The molecule has 1 aliphatic rings.